The fourth-order valence-electron chi connectivity index (χ4n) is 3.68. The summed E-state index contributed by atoms with van der Waals surface area (Å²) in [6, 6.07) is 18.1. The third kappa shape index (κ3) is 7.67. The molecule has 3 aromatic rings. The highest BCUT2D eigenvalue weighted by molar-refractivity contribution is 7.89. The fraction of sp³-hybridized carbons (Fsp3) is 0.280. The quantitative estimate of drug-likeness (QED) is 0.350. The molecule has 2 aromatic carbocycles. The zero-order valence-corrected chi connectivity index (χ0v) is 19.7. The molecule has 0 fully saturated rings. The Balaban J connectivity index is 1.61. The van der Waals surface area contributed by atoms with Crippen molar-refractivity contribution in [3.63, 3.8) is 0 Å². The van der Waals surface area contributed by atoms with Gasteiger partial charge in [0.1, 0.15) is 0 Å². The molecule has 6 nitrogen and oxygen atoms in total. The number of sulfonamides is 1. The molecule has 8 heteroatoms. The molecular weight excluding hydrogens is 460 g/mol. The van der Waals surface area contributed by atoms with Gasteiger partial charge in [-0.15, -0.1) is 0 Å². The highest BCUT2D eigenvalue weighted by atomic mass is 35.5. The summed E-state index contributed by atoms with van der Waals surface area (Å²) < 4.78 is 27.4. The van der Waals surface area contributed by atoms with Crippen molar-refractivity contribution in [1.82, 2.24) is 9.71 Å². The number of hydrogen-bond donors (Lipinski definition) is 2. The average Bonchev–Trinajstić information content (AvgIpc) is 2.80. The van der Waals surface area contributed by atoms with E-state index >= 15 is 0 Å². The molecule has 0 aliphatic carbocycles. The average molecular weight is 487 g/mol. The Morgan fingerprint density at radius 3 is 2.36 bits per heavy atom. The molecule has 3 rings (SSSR count). The van der Waals surface area contributed by atoms with E-state index < -0.39 is 16.0 Å². The fourth-order valence-corrected chi connectivity index (χ4v) is 4.83. The molecule has 2 N–H and O–H groups in total. The predicted molar refractivity (Wildman–Crippen MR) is 129 cm³/mol. The van der Waals surface area contributed by atoms with Crippen LogP contribution in [-0.2, 0) is 21.2 Å². The van der Waals surface area contributed by atoms with Gasteiger partial charge in [-0.3, -0.25) is 9.78 Å². The first-order valence-corrected chi connectivity index (χ1v) is 12.7. The molecule has 1 unspecified atom stereocenters. The summed E-state index contributed by atoms with van der Waals surface area (Å²) in [5.74, 6) is -0.645. The van der Waals surface area contributed by atoms with Crippen molar-refractivity contribution in [3.8, 4) is 0 Å². The summed E-state index contributed by atoms with van der Waals surface area (Å²) in [6.07, 6.45) is 6.59. The van der Waals surface area contributed by atoms with Crippen LogP contribution in [0.25, 0.3) is 0 Å². The number of unbranched alkanes of at least 4 members (excludes halogenated alkanes) is 1. The van der Waals surface area contributed by atoms with E-state index in [4.69, 9.17) is 16.7 Å². The molecule has 0 aliphatic heterocycles. The van der Waals surface area contributed by atoms with E-state index in [0.717, 1.165) is 29.5 Å². The monoisotopic (exact) mass is 486 g/mol. The van der Waals surface area contributed by atoms with Gasteiger partial charge >= 0.3 is 5.97 Å². The molecule has 174 valence electrons. The summed E-state index contributed by atoms with van der Waals surface area (Å²) in [5, 5.41) is 9.37. The number of carboxylic acids is 1. The lowest BCUT2D eigenvalue weighted by atomic mass is 9.87. The molecule has 0 saturated heterocycles. The Morgan fingerprint density at radius 1 is 1.00 bits per heavy atom. The van der Waals surface area contributed by atoms with Gasteiger partial charge < -0.3 is 5.11 Å². The summed E-state index contributed by atoms with van der Waals surface area (Å²) in [5.41, 5.74) is 3.24. The number of carbonyl (C=O) groups is 1. The number of hydrogen-bond acceptors (Lipinski definition) is 4. The van der Waals surface area contributed by atoms with Crippen molar-refractivity contribution in [2.24, 2.45) is 0 Å². The minimum absolute atomic E-state index is 0.130. The highest BCUT2D eigenvalue weighted by Gasteiger charge is 2.16. The molecule has 0 amide bonds. The second-order valence-corrected chi connectivity index (χ2v) is 10.0. The van der Waals surface area contributed by atoms with Gasteiger partial charge in [-0.1, -0.05) is 48.4 Å². The Bertz CT molecular complexity index is 1140. The Labute approximate surface area is 199 Å². The van der Waals surface area contributed by atoms with E-state index in [0.29, 0.717) is 17.9 Å². The first-order chi connectivity index (χ1) is 15.8. The summed E-state index contributed by atoms with van der Waals surface area (Å²) in [7, 11) is -3.58. The van der Waals surface area contributed by atoms with Crippen LogP contribution in [0.4, 0.5) is 0 Å². The van der Waals surface area contributed by atoms with Crippen LogP contribution in [0.15, 0.2) is 78.0 Å². The first kappa shape index (κ1) is 24.9. The van der Waals surface area contributed by atoms with Crippen LogP contribution in [0.1, 0.15) is 48.3 Å². The largest absolute Gasteiger partial charge is 0.481 e. The maximum Gasteiger partial charge on any atom is 0.303 e. The lowest BCUT2D eigenvalue weighted by Gasteiger charge is -2.18. The maximum absolute atomic E-state index is 12.4. The normalized spacial score (nSPS) is 12.4. The summed E-state index contributed by atoms with van der Waals surface area (Å²) >= 11 is 5.83. The number of nitrogens with zero attached hydrogens (tertiary/aromatic N) is 1. The van der Waals surface area contributed by atoms with Crippen molar-refractivity contribution in [2.45, 2.75) is 42.9 Å². The van der Waals surface area contributed by atoms with Crippen LogP contribution < -0.4 is 4.72 Å². The van der Waals surface area contributed by atoms with Gasteiger partial charge in [-0.05, 0) is 66.3 Å². The third-order valence-electron chi connectivity index (χ3n) is 5.43. The van der Waals surface area contributed by atoms with E-state index in [1.807, 2.05) is 30.5 Å². The molecule has 0 bridgehead atoms. The number of benzene rings is 2. The zero-order chi connectivity index (χ0) is 23.7. The first-order valence-electron chi connectivity index (χ1n) is 10.8. The standard InChI is InChI=1S/C25H27ClN2O4S/c26-22-11-13-23(14-12-22)33(31,32)28-17-15-19-7-9-20(10-8-19)24(5-1-2-6-25(29)30)21-4-3-16-27-18-21/h3-4,7-14,16,18,24,28H,1-2,5-6,15,17H2,(H,29,30). The smallest absolute Gasteiger partial charge is 0.303 e. The topological polar surface area (TPSA) is 96.4 Å². The van der Waals surface area contributed by atoms with E-state index in [2.05, 4.69) is 21.8 Å². The number of pyridine rings is 1. The predicted octanol–water partition coefficient (Wildman–Crippen LogP) is 5.03. The van der Waals surface area contributed by atoms with Crippen molar-refractivity contribution in [3.05, 3.63) is 94.8 Å². The minimum atomic E-state index is -3.58. The van der Waals surface area contributed by atoms with Crippen molar-refractivity contribution >= 4 is 27.6 Å². The number of carboxylic acid groups (broad SMARTS) is 1. The van der Waals surface area contributed by atoms with Crippen molar-refractivity contribution in [2.75, 3.05) is 6.54 Å². The molecular formula is C25H27ClN2O4S. The van der Waals surface area contributed by atoms with E-state index in [1.54, 1.807) is 18.3 Å². The van der Waals surface area contributed by atoms with Gasteiger partial charge in [0.05, 0.1) is 4.90 Å². The van der Waals surface area contributed by atoms with Crippen molar-refractivity contribution < 1.29 is 18.3 Å². The molecule has 0 aliphatic rings. The highest BCUT2D eigenvalue weighted by Crippen LogP contribution is 2.30. The van der Waals surface area contributed by atoms with Crippen molar-refractivity contribution in [1.29, 1.82) is 0 Å². The second-order valence-electron chi connectivity index (χ2n) is 7.82. The zero-order valence-electron chi connectivity index (χ0n) is 18.2. The van der Waals surface area contributed by atoms with Crippen LogP contribution in [0.5, 0.6) is 0 Å². The number of aromatic nitrogens is 1. The Hall–Kier alpha value is -2.74. The van der Waals surface area contributed by atoms with Crippen LogP contribution in [0.2, 0.25) is 5.02 Å². The molecule has 1 aromatic heterocycles. The van der Waals surface area contributed by atoms with Gasteiger partial charge in [-0.2, -0.15) is 0 Å². The number of nitrogens with one attached hydrogen (secondary N) is 1. The second kappa shape index (κ2) is 11.9. The summed E-state index contributed by atoms with van der Waals surface area (Å²) in [4.78, 5) is 15.2. The lowest BCUT2D eigenvalue weighted by molar-refractivity contribution is -0.137. The van der Waals surface area contributed by atoms with Crippen LogP contribution in [-0.4, -0.2) is 31.0 Å². The maximum atomic E-state index is 12.4. The molecule has 0 saturated carbocycles. The molecule has 33 heavy (non-hydrogen) atoms. The third-order valence-corrected chi connectivity index (χ3v) is 7.16. The number of halogens is 1. The van der Waals surface area contributed by atoms with E-state index in [-0.39, 0.29) is 23.8 Å². The lowest BCUT2D eigenvalue weighted by Crippen LogP contribution is -2.25. The molecule has 1 heterocycles. The van der Waals surface area contributed by atoms with Crippen LogP contribution in [0.3, 0.4) is 0 Å². The molecule has 0 spiro atoms. The van der Waals surface area contributed by atoms with Gasteiger partial charge in [0.25, 0.3) is 0 Å². The van der Waals surface area contributed by atoms with Gasteiger partial charge in [0.2, 0.25) is 10.0 Å². The van der Waals surface area contributed by atoms with Crippen LogP contribution >= 0.6 is 11.6 Å². The van der Waals surface area contributed by atoms with Gasteiger partial charge in [-0.25, -0.2) is 13.1 Å². The van der Waals surface area contributed by atoms with Gasteiger partial charge in [0, 0.05) is 36.3 Å². The van der Waals surface area contributed by atoms with Crippen LogP contribution in [0, 0.1) is 0 Å². The molecule has 1 atom stereocenters. The SMILES string of the molecule is O=C(O)CCCCC(c1ccc(CCNS(=O)(=O)c2ccc(Cl)cc2)cc1)c1cccnc1. The van der Waals surface area contributed by atoms with Gasteiger partial charge in [0.15, 0.2) is 0 Å². The molecule has 0 radical (unpaired) electrons. The van der Waals surface area contributed by atoms with E-state index in [1.165, 1.54) is 12.1 Å². The summed E-state index contributed by atoms with van der Waals surface area (Å²) in [6.45, 7) is 0.283. The number of aliphatic carboxylic acids is 1. The number of rotatable bonds is 12. The Kier molecular flexibility index (Phi) is 9.00. The Morgan fingerprint density at radius 2 is 1.73 bits per heavy atom. The van der Waals surface area contributed by atoms with E-state index in [9.17, 15) is 13.2 Å². The minimum Gasteiger partial charge on any atom is -0.481 e.